The minimum Gasteiger partial charge on any atom is -0.486 e. The molecule has 1 N–H and O–H groups in total. The number of ether oxygens (including phenoxy) is 2. The third-order valence-corrected chi connectivity index (χ3v) is 5.92. The Morgan fingerprint density at radius 2 is 1.87 bits per heavy atom. The van der Waals surface area contributed by atoms with Gasteiger partial charge in [-0.1, -0.05) is 0 Å². The number of fused-ring (bicyclic) bond motifs is 2. The van der Waals surface area contributed by atoms with Gasteiger partial charge in [0.2, 0.25) is 11.6 Å². The minimum absolute atomic E-state index is 0.0366. The fraction of sp³-hybridized carbons (Fsp3) is 0.409. The van der Waals surface area contributed by atoms with Crippen LogP contribution in [0, 0.1) is 19.8 Å². The summed E-state index contributed by atoms with van der Waals surface area (Å²) < 4.78 is 16.9. The monoisotopic (exact) mass is 408 g/mol. The number of hydrogen-bond donors (Lipinski definition) is 1. The van der Waals surface area contributed by atoms with Gasteiger partial charge >= 0.3 is 0 Å². The maximum absolute atomic E-state index is 12.8. The number of carbonyl (C=O) groups excluding carboxylic acids is 1. The van der Waals surface area contributed by atoms with Gasteiger partial charge in [-0.2, -0.15) is 0 Å². The molecular formula is C22H24N4O4. The van der Waals surface area contributed by atoms with Crippen LogP contribution in [0.5, 0.6) is 11.5 Å². The molecule has 2 aliphatic heterocycles. The van der Waals surface area contributed by atoms with Crippen LogP contribution in [0.25, 0.3) is 11.1 Å². The van der Waals surface area contributed by atoms with E-state index in [9.17, 15) is 4.79 Å². The lowest BCUT2D eigenvalue weighted by Gasteiger charge is -2.32. The number of benzene rings is 1. The number of rotatable bonds is 3. The summed E-state index contributed by atoms with van der Waals surface area (Å²) in [5.41, 5.74) is 2.42. The first kappa shape index (κ1) is 18.7. The zero-order valence-electron chi connectivity index (χ0n) is 17.1. The predicted molar refractivity (Wildman–Crippen MR) is 112 cm³/mol. The van der Waals surface area contributed by atoms with E-state index in [0.717, 1.165) is 54.1 Å². The quantitative estimate of drug-likeness (QED) is 0.710. The van der Waals surface area contributed by atoms with Crippen LogP contribution >= 0.6 is 0 Å². The van der Waals surface area contributed by atoms with Crippen LogP contribution in [0.3, 0.4) is 0 Å². The number of aryl methyl sites for hydroxylation is 2. The molecule has 1 amide bonds. The van der Waals surface area contributed by atoms with Crippen molar-refractivity contribution < 1.29 is 18.7 Å². The normalized spacial score (nSPS) is 16.7. The number of aromatic nitrogens is 2. The molecule has 2 aromatic heterocycles. The van der Waals surface area contributed by atoms with Crippen molar-refractivity contribution >= 4 is 28.5 Å². The molecule has 0 bridgehead atoms. The van der Waals surface area contributed by atoms with Gasteiger partial charge in [0.15, 0.2) is 11.5 Å². The van der Waals surface area contributed by atoms with Crippen molar-refractivity contribution in [1.29, 1.82) is 0 Å². The number of hydrogen-bond acceptors (Lipinski definition) is 7. The van der Waals surface area contributed by atoms with E-state index in [-0.39, 0.29) is 11.8 Å². The first-order valence-electron chi connectivity index (χ1n) is 10.3. The first-order chi connectivity index (χ1) is 14.6. The van der Waals surface area contributed by atoms with Crippen molar-refractivity contribution in [2.24, 2.45) is 5.92 Å². The van der Waals surface area contributed by atoms with Gasteiger partial charge in [-0.25, -0.2) is 9.97 Å². The van der Waals surface area contributed by atoms with Crippen molar-refractivity contribution in [2.45, 2.75) is 26.7 Å². The van der Waals surface area contributed by atoms with Gasteiger partial charge in [0.25, 0.3) is 0 Å². The summed E-state index contributed by atoms with van der Waals surface area (Å²) in [6.07, 6.45) is 3.07. The summed E-state index contributed by atoms with van der Waals surface area (Å²) in [6.45, 7) is 6.56. The van der Waals surface area contributed by atoms with E-state index in [2.05, 4.69) is 20.2 Å². The van der Waals surface area contributed by atoms with Gasteiger partial charge in [-0.15, -0.1) is 0 Å². The Hall–Kier alpha value is -3.29. The van der Waals surface area contributed by atoms with Gasteiger partial charge < -0.3 is 24.1 Å². The zero-order valence-corrected chi connectivity index (χ0v) is 17.1. The molecular weight excluding hydrogens is 384 g/mol. The van der Waals surface area contributed by atoms with Crippen LogP contribution < -0.4 is 19.7 Å². The molecule has 5 rings (SSSR count). The van der Waals surface area contributed by atoms with E-state index < -0.39 is 0 Å². The molecule has 0 radical (unpaired) electrons. The van der Waals surface area contributed by atoms with Crippen molar-refractivity contribution in [1.82, 2.24) is 9.97 Å². The second-order valence-electron chi connectivity index (χ2n) is 7.77. The van der Waals surface area contributed by atoms with E-state index in [4.69, 9.17) is 13.9 Å². The highest BCUT2D eigenvalue weighted by Gasteiger charge is 2.28. The second-order valence-corrected chi connectivity index (χ2v) is 7.77. The topological polar surface area (TPSA) is 89.7 Å². The van der Waals surface area contributed by atoms with E-state index in [0.29, 0.717) is 30.4 Å². The highest BCUT2D eigenvalue weighted by Crippen LogP contribution is 2.34. The number of carbonyl (C=O) groups is 1. The Labute approximate surface area is 174 Å². The summed E-state index contributed by atoms with van der Waals surface area (Å²) in [5.74, 6) is 3.13. The number of furan rings is 1. The molecule has 8 heteroatoms. The summed E-state index contributed by atoms with van der Waals surface area (Å²) in [4.78, 5) is 23.8. The number of amides is 1. The zero-order chi connectivity index (χ0) is 20.7. The van der Waals surface area contributed by atoms with E-state index in [1.165, 1.54) is 0 Å². The Bertz CT molecular complexity index is 1100. The Morgan fingerprint density at radius 1 is 1.10 bits per heavy atom. The SMILES string of the molecule is Cc1oc2ncnc(N3CCC(C(=O)Nc4ccc5c(c4)OCCO5)CC3)c2c1C. The molecule has 3 aromatic rings. The van der Waals surface area contributed by atoms with Crippen molar-refractivity contribution in [3.05, 3.63) is 35.9 Å². The van der Waals surface area contributed by atoms with Crippen LogP contribution in [0.1, 0.15) is 24.2 Å². The van der Waals surface area contributed by atoms with Crippen LogP contribution in [0.4, 0.5) is 11.5 Å². The lowest BCUT2D eigenvalue weighted by Crippen LogP contribution is -2.38. The molecule has 8 nitrogen and oxygen atoms in total. The standard InChI is InChI=1S/C22H24N4O4/c1-13-14(2)30-22-19(13)20(23-12-24-22)26-7-5-15(6-8-26)21(27)25-16-3-4-17-18(11-16)29-10-9-28-17/h3-4,11-12,15H,5-10H2,1-2H3,(H,25,27). The molecule has 30 heavy (non-hydrogen) atoms. The van der Waals surface area contributed by atoms with Crippen molar-refractivity contribution in [2.75, 3.05) is 36.5 Å². The maximum atomic E-state index is 12.8. The van der Waals surface area contributed by atoms with Crippen LogP contribution in [0.15, 0.2) is 28.9 Å². The van der Waals surface area contributed by atoms with Crippen molar-refractivity contribution in [3.63, 3.8) is 0 Å². The Morgan fingerprint density at radius 3 is 2.67 bits per heavy atom. The van der Waals surface area contributed by atoms with Crippen LogP contribution in [-0.4, -0.2) is 42.2 Å². The largest absolute Gasteiger partial charge is 0.486 e. The van der Waals surface area contributed by atoms with E-state index in [1.54, 1.807) is 6.33 Å². The number of piperidine rings is 1. The van der Waals surface area contributed by atoms with E-state index in [1.807, 2.05) is 32.0 Å². The van der Waals surface area contributed by atoms with E-state index >= 15 is 0 Å². The minimum atomic E-state index is -0.0426. The molecule has 1 saturated heterocycles. The highest BCUT2D eigenvalue weighted by atomic mass is 16.6. The number of nitrogens with one attached hydrogen (secondary N) is 1. The van der Waals surface area contributed by atoms with Gasteiger partial charge in [0.1, 0.15) is 31.1 Å². The fourth-order valence-electron chi connectivity index (χ4n) is 4.12. The lowest BCUT2D eigenvalue weighted by molar-refractivity contribution is -0.120. The summed E-state index contributed by atoms with van der Waals surface area (Å²) in [6, 6.07) is 5.51. The number of anilines is 2. The molecule has 0 unspecified atom stereocenters. The first-order valence-corrected chi connectivity index (χ1v) is 10.3. The van der Waals surface area contributed by atoms with Gasteiger partial charge in [-0.05, 0) is 38.8 Å². The smallest absolute Gasteiger partial charge is 0.231 e. The summed E-state index contributed by atoms with van der Waals surface area (Å²) >= 11 is 0. The van der Waals surface area contributed by atoms with Crippen molar-refractivity contribution in [3.8, 4) is 11.5 Å². The van der Waals surface area contributed by atoms with Gasteiger partial charge in [0, 0.05) is 36.3 Å². The molecule has 156 valence electrons. The number of nitrogens with zero attached hydrogens (tertiary/aromatic N) is 3. The lowest BCUT2D eigenvalue weighted by atomic mass is 9.95. The summed E-state index contributed by atoms with van der Waals surface area (Å²) in [5, 5.41) is 3.99. The molecule has 0 spiro atoms. The molecule has 0 saturated carbocycles. The molecule has 0 atom stereocenters. The maximum Gasteiger partial charge on any atom is 0.231 e. The average molecular weight is 408 g/mol. The van der Waals surface area contributed by atoms with Crippen LogP contribution in [-0.2, 0) is 4.79 Å². The predicted octanol–water partition coefficient (Wildman–Crippen LogP) is 3.47. The second kappa shape index (κ2) is 7.51. The molecule has 1 fully saturated rings. The third-order valence-electron chi connectivity index (χ3n) is 5.92. The molecule has 0 aliphatic carbocycles. The molecule has 1 aromatic carbocycles. The van der Waals surface area contributed by atoms with Gasteiger partial charge in [0.05, 0.1) is 5.39 Å². The Kier molecular flexibility index (Phi) is 4.69. The average Bonchev–Trinajstić information content (AvgIpc) is 3.07. The Balaban J connectivity index is 1.26. The molecule has 2 aliphatic rings. The fourth-order valence-corrected chi connectivity index (χ4v) is 4.12. The van der Waals surface area contributed by atoms with Crippen LogP contribution in [0.2, 0.25) is 0 Å². The van der Waals surface area contributed by atoms with Gasteiger partial charge in [-0.3, -0.25) is 4.79 Å². The molecule has 4 heterocycles. The highest BCUT2D eigenvalue weighted by molar-refractivity contribution is 5.93. The summed E-state index contributed by atoms with van der Waals surface area (Å²) in [7, 11) is 0. The third kappa shape index (κ3) is 3.32.